The van der Waals surface area contributed by atoms with Crippen LogP contribution in [0.5, 0.6) is 0 Å². The van der Waals surface area contributed by atoms with Crippen LogP contribution in [0.1, 0.15) is 15.9 Å². The first kappa shape index (κ1) is 8.69. The Morgan fingerprint density at radius 3 is 2.79 bits per heavy atom. The number of carbonyl (C=O) groups excluding carboxylic acids is 1. The quantitative estimate of drug-likeness (QED) is 0.507. The highest BCUT2D eigenvalue weighted by molar-refractivity contribution is 5.95. The molecule has 0 saturated heterocycles. The third-order valence-electron chi connectivity index (χ3n) is 2.06. The van der Waals surface area contributed by atoms with Gasteiger partial charge in [-0.3, -0.25) is 4.79 Å². The highest BCUT2D eigenvalue weighted by Crippen LogP contribution is 2.16. The van der Waals surface area contributed by atoms with Gasteiger partial charge in [0.15, 0.2) is 6.29 Å². The van der Waals surface area contributed by atoms with Crippen LogP contribution in [0.25, 0.3) is 11.0 Å². The van der Waals surface area contributed by atoms with Crippen molar-refractivity contribution in [3.05, 3.63) is 45.8 Å². The molecule has 1 aromatic heterocycles. The molecule has 1 aromatic carbocycles. The number of hydrogen-bond acceptors (Lipinski definition) is 3. The Bertz CT molecular complexity index is 552. The minimum atomic E-state index is -0.495. The summed E-state index contributed by atoms with van der Waals surface area (Å²) in [5.74, 6) is 0. The zero-order chi connectivity index (χ0) is 10.1. The molecule has 0 atom stereocenters. The van der Waals surface area contributed by atoms with Gasteiger partial charge in [-0.05, 0) is 18.6 Å². The number of aldehydes is 1. The average Bonchev–Trinajstić information content (AvgIpc) is 2.15. The van der Waals surface area contributed by atoms with Crippen LogP contribution in [-0.2, 0) is 0 Å². The summed E-state index contributed by atoms with van der Waals surface area (Å²) >= 11 is 0. The van der Waals surface area contributed by atoms with E-state index in [9.17, 15) is 9.59 Å². The van der Waals surface area contributed by atoms with Crippen molar-refractivity contribution in [1.29, 1.82) is 0 Å². The van der Waals surface area contributed by atoms with Crippen molar-refractivity contribution in [1.82, 2.24) is 0 Å². The predicted molar refractivity (Wildman–Crippen MR) is 52.6 cm³/mol. The number of benzene rings is 1. The summed E-state index contributed by atoms with van der Waals surface area (Å²) in [5, 5.41) is 0.671. The highest BCUT2D eigenvalue weighted by Gasteiger charge is 2.03. The molecule has 2 aromatic rings. The number of carbonyl (C=O) groups is 1. The summed E-state index contributed by atoms with van der Waals surface area (Å²) in [6.07, 6.45) is 0.661. The third-order valence-corrected chi connectivity index (χ3v) is 2.06. The number of aryl methyl sites for hydroxylation is 1. The molecule has 3 heteroatoms. The van der Waals surface area contributed by atoms with E-state index < -0.39 is 5.63 Å². The molecule has 0 aliphatic heterocycles. The topological polar surface area (TPSA) is 47.3 Å². The van der Waals surface area contributed by atoms with E-state index in [2.05, 4.69) is 0 Å². The van der Waals surface area contributed by atoms with Gasteiger partial charge in [0.2, 0.25) is 0 Å². The fourth-order valence-corrected chi connectivity index (χ4v) is 1.39. The van der Waals surface area contributed by atoms with Crippen LogP contribution in [0.15, 0.2) is 33.5 Å². The van der Waals surface area contributed by atoms with Crippen molar-refractivity contribution < 1.29 is 9.21 Å². The molecule has 0 saturated carbocycles. The zero-order valence-corrected chi connectivity index (χ0v) is 7.61. The average molecular weight is 188 g/mol. The Hall–Kier alpha value is -1.90. The van der Waals surface area contributed by atoms with E-state index in [-0.39, 0.29) is 0 Å². The van der Waals surface area contributed by atoms with Crippen molar-refractivity contribution >= 4 is 17.3 Å². The second-order valence-electron chi connectivity index (χ2n) is 3.14. The predicted octanol–water partition coefficient (Wildman–Crippen LogP) is 1.91. The first-order valence-corrected chi connectivity index (χ1v) is 4.20. The van der Waals surface area contributed by atoms with E-state index in [0.29, 0.717) is 22.8 Å². The van der Waals surface area contributed by atoms with E-state index in [1.165, 1.54) is 6.07 Å². The van der Waals surface area contributed by atoms with Crippen molar-refractivity contribution in [2.75, 3.05) is 0 Å². The Morgan fingerprint density at radius 2 is 2.07 bits per heavy atom. The third kappa shape index (κ3) is 1.33. The molecule has 0 aliphatic carbocycles. The van der Waals surface area contributed by atoms with E-state index in [1.54, 1.807) is 12.1 Å². The molecular formula is C11H8O3. The van der Waals surface area contributed by atoms with Gasteiger partial charge >= 0.3 is 5.63 Å². The van der Waals surface area contributed by atoms with Crippen molar-refractivity contribution in [2.45, 2.75) is 6.92 Å². The van der Waals surface area contributed by atoms with Crippen molar-refractivity contribution in [3.8, 4) is 0 Å². The Kier molecular flexibility index (Phi) is 1.93. The van der Waals surface area contributed by atoms with Gasteiger partial charge in [0.1, 0.15) is 5.58 Å². The lowest BCUT2D eigenvalue weighted by atomic mass is 10.1. The van der Waals surface area contributed by atoms with Gasteiger partial charge in [-0.25, -0.2) is 4.79 Å². The van der Waals surface area contributed by atoms with Gasteiger partial charge in [-0.1, -0.05) is 12.1 Å². The molecule has 70 valence electrons. The largest absolute Gasteiger partial charge is 0.423 e. The second-order valence-corrected chi connectivity index (χ2v) is 3.14. The molecule has 2 rings (SSSR count). The molecule has 0 bridgehead atoms. The molecular weight excluding hydrogens is 180 g/mol. The summed E-state index contributed by atoms with van der Waals surface area (Å²) in [6, 6.07) is 6.58. The molecule has 0 spiro atoms. The number of hydrogen-bond donors (Lipinski definition) is 0. The van der Waals surface area contributed by atoms with E-state index in [0.717, 1.165) is 5.56 Å². The molecule has 0 amide bonds. The fraction of sp³-hybridized carbons (Fsp3) is 0.0909. The van der Waals surface area contributed by atoms with Gasteiger partial charge < -0.3 is 4.42 Å². The zero-order valence-electron chi connectivity index (χ0n) is 7.61. The Morgan fingerprint density at radius 1 is 1.29 bits per heavy atom. The van der Waals surface area contributed by atoms with Crippen LogP contribution in [0.4, 0.5) is 0 Å². The number of rotatable bonds is 1. The molecule has 14 heavy (non-hydrogen) atoms. The van der Waals surface area contributed by atoms with Crippen LogP contribution in [0.2, 0.25) is 0 Å². The molecule has 0 unspecified atom stereocenters. The Balaban J connectivity index is 2.94. The molecule has 0 radical (unpaired) electrons. The minimum Gasteiger partial charge on any atom is -0.423 e. The smallest absolute Gasteiger partial charge is 0.336 e. The fourth-order valence-electron chi connectivity index (χ4n) is 1.39. The maximum atomic E-state index is 11.0. The monoisotopic (exact) mass is 188 g/mol. The van der Waals surface area contributed by atoms with Crippen molar-refractivity contribution in [2.24, 2.45) is 0 Å². The lowest BCUT2D eigenvalue weighted by molar-refractivity contribution is 0.112. The van der Waals surface area contributed by atoms with Gasteiger partial charge in [-0.2, -0.15) is 0 Å². The molecule has 0 N–H and O–H groups in total. The van der Waals surface area contributed by atoms with Crippen LogP contribution in [-0.4, -0.2) is 6.29 Å². The standard InChI is InChI=1S/C11H8O3/c1-7-2-3-9-8(6-12)5-11(13)14-10(9)4-7/h2-6H,1H3. The van der Waals surface area contributed by atoms with E-state index in [1.807, 2.05) is 13.0 Å². The van der Waals surface area contributed by atoms with Crippen LogP contribution in [0.3, 0.4) is 0 Å². The SMILES string of the molecule is Cc1ccc2c(C=O)cc(=O)oc2c1. The van der Waals surface area contributed by atoms with Gasteiger partial charge in [0.25, 0.3) is 0 Å². The molecule has 3 nitrogen and oxygen atoms in total. The van der Waals surface area contributed by atoms with Gasteiger partial charge in [0.05, 0.1) is 0 Å². The lowest BCUT2D eigenvalue weighted by Crippen LogP contribution is -1.99. The molecule has 1 heterocycles. The van der Waals surface area contributed by atoms with Crippen molar-refractivity contribution in [3.63, 3.8) is 0 Å². The lowest BCUT2D eigenvalue weighted by Gasteiger charge is -1.99. The van der Waals surface area contributed by atoms with E-state index in [4.69, 9.17) is 4.42 Å². The molecule has 0 aliphatic rings. The number of fused-ring (bicyclic) bond motifs is 1. The minimum absolute atomic E-state index is 0.372. The van der Waals surface area contributed by atoms with E-state index >= 15 is 0 Å². The first-order valence-electron chi connectivity index (χ1n) is 4.20. The Labute approximate surface area is 80.0 Å². The van der Waals surface area contributed by atoms with Crippen LogP contribution >= 0.6 is 0 Å². The second kappa shape index (κ2) is 3.10. The van der Waals surface area contributed by atoms with Crippen LogP contribution < -0.4 is 5.63 Å². The summed E-state index contributed by atoms with van der Waals surface area (Å²) in [6.45, 7) is 1.90. The summed E-state index contributed by atoms with van der Waals surface area (Å²) in [5.41, 5.74) is 1.32. The normalized spacial score (nSPS) is 10.4. The molecule has 0 fully saturated rings. The highest BCUT2D eigenvalue weighted by atomic mass is 16.4. The summed E-state index contributed by atoms with van der Waals surface area (Å²) in [7, 11) is 0. The first-order chi connectivity index (χ1) is 6.70. The maximum Gasteiger partial charge on any atom is 0.336 e. The van der Waals surface area contributed by atoms with Gasteiger partial charge in [-0.15, -0.1) is 0 Å². The maximum absolute atomic E-state index is 11.0. The van der Waals surface area contributed by atoms with Gasteiger partial charge in [0, 0.05) is 17.0 Å². The summed E-state index contributed by atoms with van der Waals surface area (Å²) in [4.78, 5) is 21.7. The summed E-state index contributed by atoms with van der Waals surface area (Å²) < 4.78 is 4.97. The van der Waals surface area contributed by atoms with Crippen LogP contribution in [0, 0.1) is 6.92 Å².